The summed E-state index contributed by atoms with van der Waals surface area (Å²) in [6.07, 6.45) is 2.93. The highest BCUT2D eigenvalue weighted by molar-refractivity contribution is 9.09. The molecule has 3 saturated heterocycles. The van der Waals surface area contributed by atoms with Gasteiger partial charge in [0.05, 0.1) is 24.5 Å². The van der Waals surface area contributed by atoms with Crippen molar-refractivity contribution in [3.63, 3.8) is 0 Å². The van der Waals surface area contributed by atoms with E-state index in [1.165, 1.54) is 0 Å². The second kappa shape index (κ2) is 9.31. The first-order valence-corrected chi connectivity index (χ1v) is 11.5. The zero-order chi connectivity index (χ0) is 21.2. The maximum Gasteiger partial charge on any atom is 0.312 e. The Labute approximate surface area is 179 Å². The van der Waals surface area contributed by atoms with Crippen molar-refractivity contribution in [1.29, 1.82) is 0 Å². The summed E-state index contributed by atoms with van der Waals surface area (Å²) in [6, 6.07) is -0.778. The van der Waals surface area contributed by atoms with Crippen LogP contribution in [0.5, 0.6) is 0 Å². The maximum absolute atomic E-state index is 13.4. The Hall–Kier alpha value is -1.19. The fourth-order valence-electron chi connectivity index (χ4n) is 5.06. The lowest BCUT2D eigenvalue weighted by molar-refractivity contribution is -0.154. The summed E-state index contributed by atoms with van der Waals surface area (Å²) >= 11 is 3.60. The minimum Gasteiger partial charge on any atom is -0.466 e. The standard InChI is InChI=1S/C20H31BrN2O6/c1-3-5-8-22-17(25)16-20-11-12(21)15(29-20)13(19(27)28-4-2)14(20)18(26)23(16)9-6-7-10-24/h12-16,24H,3-11H2,1-2H3,(H,22,25)/t12?,13-,14+,15-,16-,20+/m0/s1. The summed E-state index contributed by atoms with van der Waals surface area (Å²) < 4.78 is 11.5. The van der Waals surface area contributed by atoms with E-state index in [9.17, 15) is 14.4 Å². The van der Waals surface area contributed by atoms with Crippen LogP contribution in [0.15, 0.2) is 0 Å². The molecule has 6 atom stereocenters. The number of carbonyl (C=O) groups is 3. The number of hydrogen-bond acceptors (Lipinski definition) is 6. The summed E-state index contributed by atoms with van der Waals surface area (Å²) in [6.45, 7) is 4.91. The monoisotopic (exact) mass is 474 g/mol. The fourth-order valence-corrected chi connectivity index (χ4v) is 6.00. The minimum absolute atomic E-state index is 0.0253. The number of nitrogens with one attached hydrogen (secondary N) is 1. The fraction of sp³-hybridized carbons (Fsp3) is 0.850. The largest absolute Gasteiger partial charge is 0.466 e. The van der Waals surface area contributed by atoms with Crippen molar-refractivity contribution in [3.05, 3.63) is 0 Å². The zero-order valence-electron chi connectivity index (χ0n) is 17.1. The summed E-state index contributed by atoms with van der Waals surface area (Å²) in [5.74, 6) is -2.32. The number of likely N-dealkylation sites (tertiary alicyclic amines) is 1. The summed E-state index contributed by atoms with van der Waals surface area (Å²) in [7, 11) is 0. The Balaban J connectivity index is 1.92. The number of ether oxygens (including phenoxy) is 2. The molecule has 0 aromatic carbocycles. The number of nitrogens with zero attached hydrogens (tertiary/aromatic N) is 1. The molecule has 2 bridgehead atoms. The van der Waals surface area contributed by atoms with Crippen LogP contribution in [0.3, 0.4) is 0 Å². The lowest BCUT2D eigenvalue weighted by Gasteiger charge is -2.34. The summed E-state index contributed by atoms with van der Waals surface area (Å²) in [5.41, 5.74) is -1.02. The molecule has 3 heterocycles. The van der Waals surface area contributed by atoms with Crippen molar-refractivity contribution in [2.45, 2.75) is 68.5 Å². The highest BCUT2D eigenvalue weighted by Crippen LogP contribution is 2.60. The van der Waals surface area contributed by atoms with E-state index in [0.717, 1.165) is 12.8 Å². The second-order valence-electron chi connectivity index (χ2n) is 8.02. The van der Waals surface area contributed by atoms with Gasteiger partial charge in [-0.15, -0.1) is 0 Å². The van der Waals surface area contributed by atoms with Gasteiger partial charge in [0, 0.05) is 24.5 Å². The van der Waals surface area contributed by atoms with Crippen molar-refractivity contribution in [1.82, 2.24) is 10.2 Å². The maximum atomic E-state index is 13.4. The molecule has 2 N–H and O–H groups in total. The first kappa shape index (κ1) is 22.5. The summed E-state index contributed by atoms with van der Waals surface area (Å²) in [5, 5.41) is 12.1. The number of aliphatic hydroxyl groups is 1. The third kappa shape index (κ3) is 3.81. The van der Waals surface area contributed by atoms with Crippen LogP contribution in [0, 0.1) is 11.8 Å². The molecule has 0 aromatic rings. The van der Waals surface area contributed by atoms with E-state index in [0.29, 0.717) is 32.4 Å². The van der Waals surface area contributed by atoms with Gasteiger partial charge in [-0.05, 0) is 32.6 Å². The predicted octanol–water partition coefficient (Wildman–Crippen LogP) is 0.986. The number of unbranched alkanes of at least 4 members (excludes halogenated alkanes) is 2. The Bertz CT molecular complexity index is 646. The zero-order valence-corrected chi connectivity index (χ0v) is 18.7. The molecule has 0 aromatic heterocycles. The number of carbonyl (C=O) groups excluding carboxylic acids is 3. The molecular weight excluding hydrogens is 444 g/mol. The van der Waals surface area contributed by atoms with Gasteiger partial charge >= 0.3 is 5.97 Å². The van der Waals surface area contributed by atoms with E-state index in [4.69, 9.17) is 14.6 Å². The third-order valence-electron chi connectivity index (χ3n) is 6.23. The predicted molar refractivity (Wildman–Crippen MR) is 108 cm³/mol. The van der Waals surface area contributed by atoms with Gasteiger partial charge in [0.25, 0.3) is 0 Å². The molecule has 3 aliphatic rings. The van der Waals surface area contributed by atoms with Gasteiger partial charge < -0.3 is 24.8 Å². The molecule has 3 rings (SSSR count). The number of hydrogen-bond donors (Lipinski definition) is 2. The SMILES string of the molecule is CCCCNC(=O)[C@@H]1N(CCCCO)C(=O)[C@H]2[C@H](C(=O)OCC)[C@H]3O[C@@]12CC3Br. The van der Waals surface area contributed by atoms with Crippen LogP contribution in [0.4, 0.5) is 0 Å². The second-order valence-corrected chi connectivity index (χ2v) is 9.20. The Morgan fingerprint density at radius 2 is 2.10 bits per heavy atom. The third-order valence-corrected chi connectivity index (χ3v) is 7.08. The molecule has 0 radical (unpaired) electrons. The van der Waals surface area contributed by atoms with Crippen molar-refractivity contribution in [2.75, 3.05) is 26.3 Å². The molecule has 3 fully saturated rings. The van der Waals surface area contributed by atoms with Crippen LogP contribution in [0.1, 0.15) is 46.0 Å². The van der Waals surface area contributed by atoms with E-state index in [1.54, 1.807) is 11.8 Å². The van der Waals surface area contributed by atoms with Crippen LogP contribution in [0.2, 0.25) is 0 Å². The number of alkyl halides is 1. The van der Waals surface area contributed by atoms with E-state index in [2.05, 4.69) is 21.2 Å². The number of rotatable bonds is 10. The highest BCUT2D eigenvalue weighted by atomic mass is 79.9. The molecule has 9 heteroatoms. The van der Waals surface area contributed by atoms with Gasteiger partial charge in [0.15, 0.2) is 0 Å². The molecule has 8 nitrogen and oxygen atoms in total. The first-order valence-electron chi connectivity index (χ1n) is 10.6. The van der Waals surface area contributed by atoms with E-state index < -0.39 is 35.6 Å². The molecule has 1 unspecified atom stereocenters. The van der Waals surface area contributed by atoms with Gasteiger partial charge in [-0.1, -0.05) is 29.3 Å². The average Bonchev–Trinajstić information content (AvgIpc) is 3.26. The Morgan fingerprint density at radius 3 is 2.76 bits per heavy atom. The van der Waals surface area contributed by atoms with Crippen molar-refractivity contribution in [3.8, 4) is 0 Å². The van der Waals surface area contributed by atoms with Gasteiger partial charge in [0.2, 0.25) is 11.8 Å². The Morgan fingerprint density at radius 1 is 1.34 bits per heavy atom. The highest BCUT2D eigenvalue weighted by Gasteiger charge is 2.76. The average molecular weight is 475 g/mol. The van der Waals surface area contributed by atoms with Gasteiger partial charge in [-0.2, -0.15) is 0 Å². The number of esters is 1. The van der Waals surface area contributed by atoms with E-state index >= 15 is 0 Å². The van der Waals surface area contributed by atoms with E-state index in [-0.39, 0.29) is 29.9 Å². The van der Waals surface area contributed by atoms with Gasteiger partial charge in [-0.25, -0.2) is 0 Å². The summed E-state index contributed by atoms with van der Waals surface area (Å²) in [4.78, 5) is 40.7. The quantitative estimate of drug-likeness (QED) is 0.277. The molecule has 0 aliphatic carbocycles. The number of amides is 2. The van der Waals surface area contributed by atoms with Crippen molar-refractivity contribution < 1.29 is 29.0 Å². The number of fused-ring (bicyclic) bond motifs is 1. The normalized spacial score (nSPS) is 35.1. The number of halogens is 1. The van der Waals surface area contributed by atoms with Crippen LogP contribution >= 0.6 is 15.9 Å². The molecule has 2 amide bonds. The molecule has 29 heavy (non-hydrogen) atoms. The first-order chi connectivity index (χ1) is 13.9. The van der Waals surface area contributed by atoms with Gasteiger partial charge in [0.1, 0.15) is 11.6 Å². The van der Waals surface area contributed by atoms with Crippen LogP contribution < -0.4 is 5.32 Å². The van der Waals surface area contributed by atoms with Gasteiger partial charge in [-0.3, -0.25) is 14.4 Å². The van der Waals surface area contributed by atoms with Crippen molar-refractivity contribution >= 4 is 33.7 Å². The van der Waals surface area contributed by atoms with Crippen LogP contribution in [0.25, 0.3) is 0 Å². The lowest BCUT2D eigenvalue weighted by Crippen LogP contribution is -2.56. The molecule has 164 valence electrons. The Kier molecular flexibility index (Phi) is 7.22. The lowest BCUT2D eigenvalue weighted by atomic mass is 9.70. The molecule has 1 spiro atoms. The molecule has 0 saturated carbocycles. The van der Waals surface area contributed by atoms with E-state index in [1.807, 2.05) is 6.92 Å². The number of aliphatic hydroxyl groups excluding tert-OH is 1. The topological polar surface area (TPSA) is 105 Å². The van der Waals surface area contributed by atoms with Crippen molar-refractivity contribution in [2.24, 2.45) is 11.8 Å². The smallest absolute Gasteiger partial charge is 0.312 e. The minimum atomic E-state index is -1.02. The molecule has 3 aliphatic heterocycles. The van der Waals surface area contributed by atoms with Crippen LogP contribution in [-0.4, -0.2) is 76.7 Å². The molecular formula is C20H31BrN2O6. The van der Waals surface area contributed by atoms with Crippen LogP contribution in [-0.2, 0) is 23.9 Å².